The van der Waals surface area contributed by atoms with Crippen LogP contribution >= 0.6 is 0 Å². The summed E-state index contributed by atoms with van der Waals surface area (Å²) in [5, 5.41) is 9.65. The summed E-state index contributed by atoms with van der Waals surface area (Å²) < 4.78 is 40.1. The van der Waals surface area contributed by atoms with Gasteiger partial charge in [0.15, 0.2) is 0 Å². The number of halogens is 3. The van der Waals surface area contributed by atoms with E-state index in [9.17, 15) is 18.3 Å². The zero-order valence-corrected chi connectivity index (χ0v) is 10.9. The number of phenols is 1. The van der Waals surface area contributed by atoms with Gasteiger partial charge in [0.2, 0.25) is 0 Å². The topological polar surface area (TPSA) is 55.5 Å². The fraction of sp³-hybridized carbons (Fsp3) is 0.538. The van der Waals surface area contributed by atoms with Crippen LogP contribution in [0.15, 0.2) is 18.2 Å². The van der Waals surface area contributed by atoms with Gasteiger partial charge in [0, 0.05) is 11.6 Å². The van der Waals surface area contributed by atoms with E-state index in [0.717, 1.165) is 24.6 Å². The number of rotatable bonds is 5. The maximum atomic E-state index is 12.1. The van der Waals surface area contributed by atoms with Crippen molar-refractivity contribution < 1.29 is 23.0 Å². The predicted octanol–water partition coefficient (Wildman–Crippen LogP) is 3.73. The lowest BCUT2D eigenvalue weighted by Crippen LogP contribution is -2.18. The molecule has 0 saturated carbocycles. The number of alkyl halides is 3. The van der Waals surface area contributed by atoms with Crippen LogP contribution in [0.2, 0.25) is 0 Å². The van der Waals surface area contributed by atoms with Crippen LogP contribution in [0.5, 0.6) is 11.5 Å². The van der Waals surface area contributed by atoms with Crippen molar-refractivity contribution >= 4 is 0 Å². The number of nitrogens with two attached hydrogens (primary N) is 1. The summed E-state index contributed by atoms with van der Waals surface area (Å²) in [7, 11) is 0. The summed E-state index contributed by atoms with van der Waals surface area (Å²) in [5.41, 5.74) is 6.15. The van der Waals surface area contributed by atoms with E-state index < -0.39 is 12.4 Å². The Labute approximate surface area is 110 Å². The van der Waals surface area contributed by atoms with Gasteiger partial charge >= 0.3 is 6.36 Å². The minimum atomic E-state index is -4.75. The van der Waals surface area contributed by atoms with E-state index >= 15 is 0 Å². The van der Waals surface area contributed by atoms with Crippen LogP contribution in [0.25, 0.3) is 0 Å². The van der Waals surface area contributed by atoms with E-state index in [4.69, 9.17) is 5.73 Å². The number of hydrogen-bond donors (Lipinski definition) is 2. The van der Waals surface area contributed by atoms with Gasteiger partial charge in [-0.25, -0.2) is 0 Å². The summed E-state index contributed by atoms with van der Waals surface area (Å²) >= 11 is 0. The molecule has 3 nitrogen and oxygen atoms in total. The van der Waals surface area contributed by atoms with Crippen LogP contribution < -0.4 is 10.5 Å². The molecule has 0 saturated heterocycles. The minimum Gasteiger partial charge on any atom is -0.508 e. The number of phenolic OH excluding ortho intramolecular Hbond substituents is 1. The minimum absolute atomic E-state index is 0.120. The van der Waals surface area contributed by atoms with Crippen LogP contribution in [-0.2, 0) is 0 Å². The first-order valence-electron chi connectivity index (χ1n) is 6.03. The molecule has 1 aromatic carbocycles. The molecule has 0 radical (unpaired) electrons. The Bertz CT molecular complexity index is 419. The Morgan fingerprint density at radius 1 is 1.26 bits per heavy atom. The zero-order valence-electron chi connectivity index (χ0n) is 10.9. The highest BCUT2D eigenvalue weighted by atomic mass is 19.4. The standard InChI is InChI=1S/C13H18F3NO2/c1-8(2)3-5-11(17)10-7-9(4-6-12(10)18)19-13(14,15)16/h4,6-8,11,18H,3,5,17H2,1-2H3/t11-/m0/s1. The summed E-state index contributed by atoms with van der Waals surface area (Å²) in [6.07, 6.45) is -3.35. The lowest BCUT2D eigenvalue weighted by molar-refractivity contribution is -0.274. The van der Waals surface area contributed by atoms with Crippen LogP contribution in [-0.4, -0.2) is 11.5 Å². The summed E-state index contributed by atoms with van der Waals surface area (Å²) in [5.74, 6) is -0.0612. The van der Waals surface area contributed by atoms with Crippen LogP contribution in [0, 0.1) is 5.92 Å². The number of aromatic hydroxyl groups is 1. The van der Waals surface area contributed by atoms with Crippen molar-refractivity contribution in [3.05, 3.63) is 23.8 Å². The smallest absolute Gasteiger partial charge is 0.508 e. The van der Waals surface area contributed by atoms with Crippen molar-refractivity contribution in [2.75, 3.05) is 0 Å². The quantitative estimate of drug-likeness (QED) is 0.862. The van der Waals surface area contributed by atoms with Crippen molar-refractivity contribution in [2.45, 2.75) is 39.1 Å². The normalized spacial score (nSPS) is 13.6. The van der Waals surface area contributed by atoms with E-state index in [2.05, 4.69) is 4.74 Å². The molecule has 19 heavy (non-hydrogen) atoms. The highest BCUT2D eigenvalue weighted by Crippen LogP contribution is 2.32. The molecule has 1 rings (SSSR count). The van der Waals surface area contributed by atoms with Gasteiger partial charge in [0.1, 0.15) is 11.5 Å². The number of ether oxygens (including phenoxy) is 1. The molecule has 1 aromatic rings. The zero-order chi connectivity index (χ0) is 14.6. The van der Waals surface area contributed by atoms with Gasteiger partial charge in [-0.15, -0.1) is 13.2 Å². The third kappa shape index (κ3) is 5.38. The van der Waals surface area contributed by atoms with Crippen molar-refractivity contribution in [3.8, 4) is 11.5 Å². The molecule has 0 aliphatic rings. The Morgan fingerprint density at radius 3 is 2.42 bits per heavy atom. The predicted molar refractivity (Wildman–Crippen MR) is 65.8 cm³/mol. The van der Waals surface area contributed by atoms with E-state index in [1.807, 2.05) is 13.8 Å². The third-order valence-corrected chi connectivity index (χ3v) is 2.69. The lowest BCUT2D eigenvalue weighted by atomic mass is 9.97. The van der Waals surface area contributed by atoms with Gasteiger partial charge in [0.05, 0.1) is 0 Å². The molecule has 0 unspecified atom stereocenters. The van der Waals surface area contributed by atoms with E-state index in [1.54, 1.807) is 0 Å². The molecule has 6 heteroatoms. The van der Waals surface area contributed by atoms with Gasteiger partial charge < -0.3 is 15.6 Å². The van der Waals surface area contributed by atoms with Gasteiger partial charge in [-0.05, 0) is 37.0 Å². The molecule has 0 aliphatic carbocycles. The molecule has 0 aliphatic heterocycles. The van der Waals surface area contributed by atoms with Crippen LogP contribution in [0.1, 0.15) is 38.3 Å². The first-order valence-corrected chi connectivity index (χ1v) is 6.03. The maximum absolute atomic E-state index is 12.1. The van der Waals surface area contributed by atoms with Gasteiger partial charge in [-0.3, -0.25) is 0 Å². The molecule has 1 atom stereocenters. The van der Waals surface area contributed by atoms with E-state index in [-0.39, 0.29) is 17.1 Å². The van der Waals surface area contributed by atoms with Crippen molar-refractivity contribution in [3.63, 3.8) is 0 Å². The van der Waals surface area contributed by atoms with Gasteiger partial charge in [-0.2, -0.15) is 0 Å². The Hall–Kier alpha value is -1.43. The molecular formula is C13H18F3NO2. The largest absolute Gasteiger partial charge is 0.573 e. The third-order valence-electron chi connectivity index (χ3n) is 2.69. The van der Waals surface area contributed by atoms with Crippen molar-refractivity contribution in [1.29, 1.82) is 0 Å². The molecule has 0 aromatic heterocycles. The maximum Gasteiger partial charge on any atom is 0.573 e. The average Bonchev–Trinajstić information content (AvgIpc) is 2.26. The van der Waals surface area contributed by atoms with Crippen LogP contribution in [0.4, 0.5) is 13.2 Å². The van der Waals surface area contributed by atoms with Gasteiger partial charge in [0.25, 0.3) is 0 Å². The van der Waals surface area contributed by atoms with Gasteiger partial charge in [-0.1, -0.05) is 13.8 Å². The first-order chi connectivity index (χ1) is 8.69. The highest BCUT2D eigenvalue weighted by molar-refractivity contribution is 5.41. The SMILES string of the molecule is CC(C)CC[C@H](N)c1cc(OC(F)(F)F)ccc1O. The molecule has 0 fully saturated rings. The first kappa shape index (κ1) is 15.6. The average molecular weight is 277 g/mol. The van der Waals surface area contributed by atoms with E-state index in [1.165, 1.54) is 0 Å². The Kier molecular flexibility index (Phi) is 5.05. The second kappa shape index (κ2) is 6.14. The lowest BCUT2D eigenvalue weighted by Gasteiger charge is -2.17. The monoisotopic (exact) mass is 277 g/mol. The second-order valence-electron chi connectivity index (χ2n) is 4.85. The Balaban J connectivity index is 2.84. The number of hydrogen-bond acceptors (Lipinski definition) is 3. The fourth-order valence-electron chi connectivity index (χ4n) is 1.70. The van der Waals surface area contributed by atoms with Crippen LogP contribution in [0.3, 0.4) is 0 Å². The highest BCUT2D eigenvalue weighted by Gasteiger charge is 2.31. The van der Waals surface area contributed by atoms with Crippen molar-refractivity contribution in [1.82, 2.24) is 0 Å². The molecule has 108 valence electrons. The molecule has 0 bridgehead atoms. The molecule has 0 spiro atoms. The summed E-state index contributed by atoms with van der Waals surface area (Å²) in [6, 6.07) is 2.83. The number of benzene rings is 1. The fourth-order valence-corrected chi connectivity index (χ4v) is 1.70. The summed E-state index contributed by atoms with van der Waals surface area (Å²) in [4.78, 5) is 0. The molecule has 0 heterocycles. The Morgan fingerprint density at radius 2 is 1.89 bits per heavy atom. The van der Waals surface area contributed by atoms with E-state index in [0.29, 0.717) is 12.3 Å². The second-order valence-corrected chi connectivity index (χ2v) is 4.85. The molecule has 0 amide bonds. The van der Waals surface area contributed by atoms with Crippen molar-refractivity contribution in [2.24, 2.45) is 11.7 Å². The molecule has 3 N–H and O–H groups in total. The summed E-state index contributed by atoms with van der Waals surface area (Å²) in [6.45, 7) is 4.05. The molecular weight excluding hydrogens is 259 g/mol.